The number of nitrogens with zero attached hydrogens (tertiary/aromatic N) is 1. The van der Waals surface area contributed by atoms with Gasteiger partial charge in [-0.1, -0.05) is 26.0 Å². The molecule has 1 aromatic rings. The molecule has 19 heavy (non-hydrogen) atoms. The lowest BCUT2D eigenvalue weighted by Gasteiger charge is -2.32. The summed E-state index contributed by atoms with van der Waals surface area (Å²) in [4.78, 5) is 2.42. The molecule has 1 aliphatic rings. The lowest BCUT2D eigenvalue weighted by atomic mass is 9.93. The Morgan fingerprint density at radius 3 is 2.79 bits per heavy atom. The van der Waals surface area contributed by atoms with E-state index in [2.05, 4.69) is 56.1 Å². The Kier molecular flexibility index (Phi) is 4.16. The van der Waals surface area contributed by atoms with Crippen LogP contribution in [0.1, 0.15) is 25.0 Å². The summed E-state index contributed by atoms with van der Waals surface area (Å²) in [5.74, 6) is 0. The molecular weight excluding hydrogens is 236 g/mol. The lowest BCUT2D eigenvalue weighted by molar-refractivity contribution is 0.242. The second-order valence-electron chi connectivity index (χ2n) is 6.60. The van der Waals surface area contributed by atoms with Crippen LogP contribution in [0.15, 0.2) is 18.2 Å². The van der Waals surface area contributed by atoms with E-state index in [-0.39, 0.29) is 18.1 Å². The van der Waals surface area contributed by atoms with Gasteiger partial charge in [-0.3, -0.25) is 0 Å². The molecule has 1 heterocycles. The van der Waals surface area contributed by atoms with Crippen molar-refractivity contribution >= 4 is 5.69 Å². The van der Waals surface area contributed by atoms with Crippen LogP contribution in [0.4, 0.5) is 5.69 Å². The van der Waals surface area contributed by atoms with Crippen LogP contribution in [-0.2, 0) is 0 Å². The molecule has 3 nitrogen and oxygen atoms in total. The molecule has 0 spiro atoms. The van der Waals surface area contributed by atoms with Crippen molar-refractivity contribution in [3.8, 4) is 0 Å². The first kappa shape index (κ1) is 14.4. The summed E-state index contributed by atoms with van der Waals surface area (Å²) in [7, 11) is 0. The van der Waals surface area contributed by atoms with Crippen molar-refractivity contribution in [2.24, 2.45) is 5.41 Å². The average molecular weight is 262 g/mol. The molecule has 1 aliphatic heterocycles. The number of hydrogen-bond donors (Lipinski definition) is 2. The monoisotopic (exact) mass is 262 g/mol. The van der Waals surface area contributed by atoms with Crippen molar-refractivity contribution in [3.63, 3.8) is 0 Å². The van der Waals surface area contributed by atoms with Crippen molar-refractivity contribution < 1.29 is 5.11 Å². The topological polar surface area (TPSA) is 35.5 Å². The fourth-order valence-corrected chi connectivity index (χ4v) is 2.75. The zero-order valence-electron chi connectivity index (χ0n) is 12.5. The molecule has 106 valence electrons. The molecule has 0 bridgehead atoms. The minimum Gasteiger partial charge on any atom is -0.395 e. The predicted octanol–water partition coefficient (Wildman–Crippen LogP) is 2.10. The maximum absolute atomic E-state index is 9.49. The van der Waals surface area contributed by atoms with E-state index < -0.39 is 0 Å². The fourth-order valence-electron chi connectivity index (χ4n) is 2.75. The molecule has 2 rings (SSSR count). The first-order valence-corrected chi connectivity index (χ1v) is 7.08. The first-order chi connectivity index (χ1) is 8.91. The SMILES string of the molecule is Cc1ccc(C)c(N2CC(CO)NCC(C)(C)C2)c1. The summed E-state index contributed by atoms with van der Waals surface area (Å²) in [6.45, 7) is 11.9. The number of rotatable bonds is 2. The molecule has 0 radical (unpaired) electrons. The Morgan fingerprint density at radius 1 is 1.37 bits per heavy atom. The van der Waals surface area contributed by atoms with E-state index in [1.807, 2.05) is 0 Å². The van der Waals surface area contributed by atoms with Gasteiger partial charge in [0.1, 0.15) is 0 Å². The van der Waals surface area contributed by atoms with Gasteiger partial charge in [-0.15, -0.1) is 0 Å². The van der Waals surface area contributed by atoms with Crippen molar-refractivity contribution in [1.82, 2.24) is 5.32 Å². The minimum atomic E-state index is 0.154. The van der Waals surface area contributed by atoms with Gasteiger partial charge in [0.25, 0.3) is 0 Å². The Morgan fingerprint density at radius 2 is 2.11 bits per heavy atom. The van der Waals surface area contributed by atoms with Crippen LogP contribution >= 0.6 is 0 Å². The van der Waals surface area contributed by atoms with Crippen LogP contribution in [0.2, 0.25) is 0 Å². The van der Waals surface area contributed by atoms with Gasteiger partial charge in [0.05, 0.1) is 6.61 Å². The molecule has 0 aliphatic carbocycles. The second kappa shape index (κ2) is 5.51. The minimum absolute atomic E-state index is 0.154. The number of aliphatic hydroxyl groups excluding tert-OH is 1. The summed E-state index contributed by atoms with van der Waals surface area (Å²) in [5, 5.41) is 12.9. The molecule has 1 aromatic carbocycles. The van der Waals surface area contributed by atoms with E-state index in [0.717, 1.165) is 19.6 Å². The summed E-state index contributed by atoms with van der Waals surface area (Å²) in [5.41, 5.74) is 4.10. The molecule has 3 heteroatoms. The van der Waals surface area contributed by atoms with Gasteiger partial charge >= 0.3 is 0 Å². The number of hydrogen-bond acceptors (Lipinski definition) is 3. The van der Waals surface area contributed by atoms with E-state index in [9.17, 15) is 5.11 Å². The van der Waals surface area contributed by atoms with Crippen LogP contribution in [0.3, 0.4) is 0 Å². The number of anilines is 1. The van der Waals surface area contributed by atoms with Gasteiger partial charge in [-0.05, 0) is 36.5 Å². The summed E-state index contributed by atoms with van der Waals surface area (Å²) in [6, 6.07) is 6.75. The van der Waals surface area contributed by atoms with E-state index in [4.69, 9.17) is 0 Å². The summed E-state index contributed by atoms with van der Waals surface area (Å²) < 4.78 is 0. The molecule has 2 N–H and O–H groups in total. The zero-order valence-corrected chi connectivity index (χ0v) is 12.5. The third kappa shape index (κ3) is 3.48. The van der Waals surface area contributed by atoms with Gasteiger partial charge in [0.2, 0.25) is 0 Å². The van der Waals surface area contributed by atoms with E-state index in [1.165, 1.54) is 16.8 Å². The quantitative estimate of drug-likeness (QED) is 0.857. The van der Waals surface area contributed by atoms with Gasteiger partial charge < -0.3 is 15.3 Å². The highest BCUT2D eigenvalue weighted by molar-refractivity contribution is 5.55. The number of nitrogens with one attached hydrogen (secondary N) is 1. The summed E-state index contributed by atoms with van der Waals surface area (Å²) >= 11 is 0. The number of aryl methyl sites for hydroxylation is 2. The molecule has 0 saturated carbocycles. The smallest absolute Gasteiger partial charge is 0.0601 e. The van der Waals surface area contributed by atoms with Crippen molar-refractivity contribution in [2.75, 3.05) is 31.1 Å². The lowest BCUT2D eigenvalue weighted by Crippen LogP contribution is -2.40. The van der Waals surface area contributed by atoms with Crippen LogP contribution in [0.25, 0.3) is 0 Å². The van der Waals surface area contributed by atoms with Crippen LogP contribution in [0, 0.1) is 19.3 Å². The van der Waals surface area contributed by atoms with Gasteiger partial charge in [-0.25, -0.2) is 0 Å². The van der Waals surface area contributed by atoms with Crippen LogP contribution in [-0.4, -0.2) is 37.4 Å². The Hall–Kier alpha value is -1.06. The molecule has 1 unspecified atom stereocenters. The van der Waals surface area contributed by atoms with Gasteiger partial charge in [0.15, 0.2) is 0 Å². The molecule has 0 amide bonds. The standard InChI is InChI=1S/C16H26N2O/c1-12-5-6-13(2)15(7-12)18-8-14(9-19)17-10-16(3,4)11-18/h5-7,14,17,19H,8-11H2,1-4H3. The van der Waals surface area contributed by atoms with Crippen LogP contribution < -0.4 is 10.2 Å². The van der Waals surface area contributed by atoms with Crippen molar-refractivity contribution in [2.45, 2.75) is 33.7 Å². The van der Waals surface area contributed by atoms with Crippen LogP contribution in [0.5, 0.6) is 0 Å². The highest BCUT2D eigenvalue weighted by Crippen LogP contribution is 2.27. The molecule has 1 atom stereocenters. The summed E-state index contributed by atoms with van der Waals surface area (Å²) in [6.07, 6.45) is 0. The van der Waals surface area contributed by atoms with Gasteiger partial charge in [0, 0.05) is 31.4 Å². The zero-order chi connectivity index (χ0) is 14.0. The Balaban J connectivity index is 2.31. The van der Waals surface area contributed by atoms with Crippen molar-refractivity contribution in [3.05, 3.63) is 29.3 Å². The van der Waals surface area contributed by atoms with E-state index in [1.54, 1.807) is 0 Å². The molecule has 1 fully saturated rings. The van der Waals surface area contributed by atoms with Crippen molar-refractivity contribution in [1.29, 1.82) is 0 Å². The van der Waals surface area contributed by atoms with Gasteiger partial charge in [-0.2, -0.15) is 0 Å². The van der Waals surface area contributed by atoms with E-state index in [0.29, 0.717) is 0 Å². The second-order valence-corrected chi connectivity index (χ2v) is 6.60. The number of benzene rings is 1. The number of aliphatic hydroxyl groups is 1. The maximum atomic E-state index is 9.49. The molecule has 1 saturated heterocycles. The fraction of sp³-hybridized carbons (Fsp3) is 0.625. The van der Waals surface area contributed by atoms with E-state index >= 15 is 0 Å². The highest BCUT2D eigenvalue weighted by atomic mass is 16.3. The molecular formula is C16H26N2O. The average Bonchev–Trinajstić information content (AvgIpc) is 2.50. The highest BCUT2D eigenvalue weighted by Gasteiger charge is 2.29. The third-order valence-electron chi connectivity index (χ3n) is 3.85. The Bertz CT molecular complexity index is 442. The predicted molar refractivity (Wildman–Crippen MR) is 80.8 cm³/mol. The maximum Gasteiger partial charge on any atom is 0.0601 e. The molecule has 0 aromatic heterocycles. The third-order valence-corrected chi connectivity index (χ3v) is 3.85. The Labute approximate surface area is 116 Å². The normalized spacial score (nSPS) is 23.2. The largest absolute Gasteiger partial charge is 0.395 e. The first-order valence-electron chi connectivity index (χ1n) is 7.08.